The van der Waals surface area contributed by atoms with Crippen LogP contribution in [0, 0.1) is 26.2 Å². The molecule has 2 heterocycles. The number of pyridine rings is 1. The van der Waals surface area contributed by atoms with Gasteiger partial charge in [-0.25, -0.2) is 0 Å². The molecule has 2 nitrogen and oxygen atoms in total. The van der Waals surface area contributed by atoms with Gasteiger partial charge in [0.15, 0.2) is 0 Å². The van der Waals surface area contributed by atoms with Gasteiger partial charge in [-0.2, -0.15) is 4.57 Å². The minimum Gasteiger partial charge on any atom is -0.449 e. The maximum Gasteiger partial charge on any atom is 0.257 e. The second kappa shape index (κ2) is 6.31. The molecule has 0 N–H and O–H groups in total. The number of aromatic nitrogens is 1. The summed E-state index contributed by atoms with van der Waals surface area (Å²) in [5, 5.41) is 3.79. The lowest BCUT2D eigenvalue weighted by molar-refractivity contribution is -0.633. The van der Waals surface area contributed by atoms with E-state index in [9.17, 15) is 0 Å². The smallest absolute Gasteiger partial charge is 0.257 e. The zero-order valence-electron chi connectivity index (χ0n) is 19.1. The molecule has 0 fully saturated rings. The zero-order valence-corrected chi connectivity index (χ0v) is 19.1. The standard InChI is InChI=1S/C28H30NO/c1-16-12-19-14-17(2)18(3)24-25(19)23(13-16)30-27-21(15-28(4,5)6)20-10-8-9-11-22(20)29(7)26(24)27/h8-14H,15H2,1-7H3/q+1. The Labute approximate surface area is 179 Å². The number of ether oxygens (including phenoxy) is 1. The summed E-state index contributed by atoms with van der Waals surface area (Å²) in [6.45, 7) is 13.5. The van der Waals surface area contributed by atoms with Gasteiger partial charge in [0, 0.05) is 17.0 Å². The first-order chi connectivity index (χ1) is 14.2. The van der Waals surface area contributed by atoms with Crippen molar-refractivity contribution in [1.29, 1.82) is 0 Å². The Morgan fingerprint density at radius 2 is 1.70 bits per heavy atom. The Hall–Kier alpha value is -2.87. The van der Waals surface area contributed by atoms with Crippen LogP contribution in [0.2, 0.25) is 0 Å². The van der Waals surface area contributed by atoms with E-state index in [0.717, 1.165) is 17.9 Å². The minimum absolute atomic E-state index is 0.156. The minimum atomic E-state index is 0.156. The molecule has 2 heteroatoms. The van der Waals surface area contributed by atoms with Crippen molar-refractivity contribution in [3.8, 4) is 22.8 Å². The van der Waals surface area contributed by atoms with Crippen LogP contribution >= 0.6 is 0 Å². The van der Waals surface area contributed by atoms with Crippen molar-refractivity contribution in [2.45, 2.75) is 48.0 Å². The molecule has 3 aromatic carbocycles. The molecule has 0 spiro atoms. The lowest BCUT2D eigenvalue weighted by Crippen LogP contribution is -2.34. The average Bonchev–Trinajstić information content (AvgIpc) is 2.67. The summed E-state index contributed by atoms with van der Waals surface area (Å²) in [5.41, 5.74) is 9.15. The fourth-order valence-electron chi connectivity index (χ4n) is 5.03. The van der Waals surface area contributed by atoms with E-state index in [0.29, 0.717) is 0 Å². The van der Waals surface area contributed by atoms with Gasteiger partial charge in [-0.15, -0.1) is 0 Å². The van der Waals surface area contributed by atoms with Crippen LogP contribution in [0.3, 0.4) is 0 Å². The molecular weight excluding hydrogens is 366 g/mol. The third-order valence-electron chi connectivity index (χ3n) is 6.44. The molecule has 4 aromatic rings. The molecule has 5 rings (SSSR count). The Morgan fingerprint density at radius 3 is 2.43 bits per heavy atom. The fraction of sp³-hybridized carbons (Fsp3) is 0.321. The van der Waals surface area contributed by atoms with Crippen LogP contribution in [-0.4, -0.2) is 0 Å². The van der Waals surface area contributed by atoms with Gasteiger partial charge in [0.25, 0.3) is 5.69 Å². The summed E-state index contributed by atoms with van der Waals surface area (Å²) in [6, 6.07) is 15.5. The molecule has 1 aliphatic heterocycles. The van der Waals surface area contributed by atoms with E-state index in [2.05, 4.69) is 95.6 Å². The SMILES string of the molecule is Cc1cc2c3c(c(C)c(C)cc3c1)-c1c(c(CC(C)(C)C)c3ccccc3[n+]1C)O2. The van der Waals surface area contributed by atoms with E-state index < -0.39 is 0 Å². The van der Waals surface area contributed by atoms with Gasteiger partial charge in [0.2, 0.25) is 11.3 Å². The van der Waals surface area contributed by atoms with Gasteiger partial charge in [-0.1, -0.05) is 45.0 Å². The van der Waals surface area contributed by atoms with E-state index in [1.807, 2.05) is 0 Å². The van der Waals surface area contributed by atoms with Gasteiger partial charge in [0.05, 0.1) is 10.9 Å². The van der Waals surface area contributed by atoms with Crippen molar-refractivity contribution >= 4 is 21.7 Å². The Kier molecular flexibility index (Phi) is 4.02. The number of aryl methyl sites for hydroxylation is 3. The van der Waals surface area contributed by atoms with Crippen LogP contribution in [0.5, 0.6) is 11.5 Å². The normalized spacial score (nSPS) is 12.9. The van der Waals surface area contributed by atoms with Crippen LogP contribution in [0.25, 0.3) is 32.9 Å². The number of hydrogen-bond donors (Lipinski definition) is 0. The first-order valence-corrected chi connectivity index (χ1v) is 10.8. The van der Waals surface area contributed by atoms with Gasteiger partial charge in [0.1, 0.15) is 12.8 Å². The number of benzene rings is 3. The monoisotopic (exact) mass is 396 g/mol. The van der Waals surface area contributed by atoms with Crippen LogP contribution in [0.1, 0.15) is 43.0 Å². The van der Waals surface area contributed by atoms with E-state index in [4.69, 9.17) is 4.74 Å². The van der Waals surface area contributed by atoms with Crippen molar-refractivity contribution in [2.75, 3.05) is 0 Å². The van der Waals surface area contributed by atoms with E-state index >= 15 is 0 Å². The summed E-state index contributed by atoms with van der Waals surface area (Å²) in [6.07, 6.45) is 0.964. The van der Waals surface area contributed by atoms with E-state index in [-0.39, 0.29) is 5.41 Å². The highest BCUT2D eigenvalue weighted by atomic mass is 16.5. The van der Waals surface area contributed by atoms with Crippen LogP contribution < -0.4 is 9.30 Å². The van der Waals surface area contributed by atoms with Gasteiger partial charge < -0.3 is 4.74 Å². The first-order valence-electron chi connectivity index (χ1n) is 10.8. The summed E-state index contributed by atoms with van der Waals surface area (Å²) in [4.78, 5) is 0. The molecule has 1 aromatic heterocycles. The number of para-hydroxylation sites is 1. The Morgan fingerprint density at radius 1 is 0.967 bits per heavy atom. The predicted molar refractivity (Wildman–Crippen MR) is 126 cm³/mol. The molecule has 0 saturated heterocycles. The molecule has 0 atom stereocenters. The third kappa shape index (κ3) is 2.74. The lowest BCUT2D eigenvalue weighted by atomic mass is 9.83. The van der Waals surface area contributed by atoms with E-state index in [1.54, 1.807) is 0 Å². The van der Waals surface area contributed by atoms with Crippen molar-refractivity contribution in [3.05, 3.63) is 64.7 Å². The first kappa shape index (κ1) is 19.1. The summed E-state index contributed by atoms with van der Waals surface area (Å²) in [7, 11) is 2.18. The molecular formula is C28H30NO+. The van der Waals surface area contributed by atoms with Crippen LogP contribution in [-0.2, 0) is 13.5 Å². The molecule has 0 amide bonds. The molecule has 0 saturated carbocycles. The highest BCUT2D eigenvalue weighted by Crippen LogP contribution is 2.50. The Bertz CT molecular complexity index is 1360. The molecule has 1 aliphatic rings. The number of rotatable bonds is 1. The number of nitrogens with zero attached hydrogens (tertiary/aromatic N) is 1. The zero-order chi connectivity index (χ0) is 21.4. The van der Waals surface area contributed by atoms with E-state index in [1.165, 1.54) is 55.2 Å². The largest absolute Gasteiger partial charge is 0.449 e. The topological polar surface area (TPSA) is 13.1 Å². The maximum atomic E-state index is 6.77. The fourth-order valence-corrected chi connectivity index (χ4v) is 5.03. The van der Waals surface area contributed by atoms with Crippen molar-refractivity contribution in [2.24, 2.45) is 12.5 Å². The average molecular weight is 397 g/mol. The second-order valence-corrected chi connectivity index (χ2v) is 10.1. The highest BCUT2D eigenvalue weighted by molar-refractivity contribution is 6.06. The molecule has 0 unspecified atom stereocenters. The predicted octanol–water partition coefficient (Wildman–Crippen LogP) is 7.10. The van der Waals surface area contributed by atoms with Crippen molar-refractivity contribution in [3.63, 3.8) is 0 Å². The molecule has 30 heavy (non-hydrogen) atoms. The quantitative estimate of drug-likeness (QED) is 0.275. The van der Waals surface area contributed by atoms with Gasteiger partial charge in [-0.05, 0) is 66.8 Å². The Balaban J connectivity index is 2.01. The summed E-state index contributed by atoms with van der Waals surface area (Å²) in [5.74, 6) is 2.01. The maximum absolute atomic E-state index is 6.77. The van der Waals surface area contributed by atoms with Crippen molar-refractivity contribution < 1.29 is 9.30 Å². The third-order valence-corrected chi connectivity index (χ3v) is 6.44. The van der Waals surface area contributed by atoms with Gasteiger partial charge >= 0.3 is 0 Å². The van der Waals surface area contributed by atoms with Crippen molar-refractivity contribution in [1.82, 2.24) is 0 Å². The number of fused-ring (bicyclic) bond motifs is 3. The summed E-state index contributed by atoms with van der Waals surface area (Å²) < 4.78 is 9.10. The molecule has 152 valence electrons. The van der Waals surface area contributed by atoms with Gasteiger partial charge in [-0.3, -0.25) is 0 Å². The van der Waals surface area contributed by atoms with Crippen LogP contribution in [0.15, 0.2) is 42.5 Å². The second-order valence-electron chi connectivity index (χ2n) is 10.1. The number of hydrogen-bond acceptors (Lipinski definition) is 1. The van der Waals surface area contributed by atoms with Crippen LogP contribution in [0.4, 0.5) is 0 Å². The highest BCUT2D eigenvalue weighted by Gasteiger charge is 2.35. The molecule has 0 radical (unpaired) electrons. The summed E-state index contributed by atoms with van der Waals surface area (Å²) >= 11 is 0. The molecule has 0 bridgehead atoms. The lowest BCUT2D eigenvalue weighted by Gasteiger charge is -2.27. The molecule has 0 aliphatic carbocycles.